The predicted molar refractivity (Wildman–Crippen MR) is 88.2 cm³/mol. The molecule has 1 aromatic heterocycles. The third-order valence-corrected chi connectivity index (χ3v) is 4.41. The number of nitrogens with zero attached hydrogens (tertiary/aromatic N) is 1. The first-order valence-corrected chi connectivity index (χ1v) is 7.59. The Hall–Kier alpha value is -2.35. The molecule has 2 heteroatoms. The van der Waals surface area contributed by atoms with Crippen LogP contribution in [0.2, 0.25) is 0 Å². The summed E-state index contributed by atoms with van der Waals surface area (Å²) in [6.07, 6.45) is 4.59. The van der Waals surface area contributed by atoms with Crippen molar-refractivity contribution < 1.29 is 0 Å². The average Bonchev–Trinajstić information content (AvgIpc) is 2.56. The van der Waals surface area contributed by atoms with Crippen LogP contribution in [0.25, 0.3) is 22.0 Å². The van der Waals surface area contributed by atoms with Crippen LogP contribution in [-0.2, 0) is 12.8 Å². The van der Waals surface area contributed by atoms with Gasteiger partial charge in [-0.05, 0) is 54.5 Å². The second-order valence-electron chi connectivity index (χ2n) is 5.76. The van der Waals surface area contributed by atoms with Crippen LogP contribution in [0, 0.1) is 0 Å². The molecule has 0 saturated heterocycles. The normalized spacial score (nSPS) is 14.1. The topological polar surface area (TPSA) is 38.9 Å². The molecular weight excluding hydrogens is 256 g/mol. The first kappa shape index (κ1) is 12.4. The summed E-state index contributed by atoms with van der Waals surface area (Å²) in [6, 6.07) is 16.8. The quantitative estimate of drug-likeness (QED) is 0.716. The molecule has 2 N–H and O–H groups in total. The minimum absolute atomic E-state index is 0.937. The number of aromatic nitrogens is 1. The van der Waals surface area contributed by atoms with Gasteiger partial charge >= 0.3 is 0 Å². The van der Waals surface area contributed by atoms with Crippen LogP contribution in [0.15, 0.2) is 48.5 Å². The fourth-order valence-corrected chi connectivity index (χ4v) is 3.27. The van der Waals surface area contributed by atoms with Crippen molar-refractivity contribution in [1.29, 1.82) is 0 Å². The SMILES string of the molecule is Nc1c2c(nc3ccc(-c4ccccc4)cc13)CCCC2. The number of nitrogens with two attached hydrogens (primary N) is 1. The molecule has 0 spiro atoms. The lowest BCUT2D eigenvalue weighted by Crippen LogP contribution is -2.09. The van der Waals surface area contributed by atoms with Crippen molar-refractivity contribution in [2.75, 3.05) is 5.73 Å². The van der Waals surface area contributed by atoms with Gasteiger partial charge in [-0.25, -0.2) is 0 Å². The van der Waals surface area contributed by atoms with E-state index in [1.54, 1.807) is 0 Å². The van der Waals surface area contributed by atoms with E-state index in [0.29, 0.717) is 0 Å². The molecule has 1 heterocycles. The van der Waals surface area contributed by atoms with Gasteiger partial charge in [0.2, 0.25) is 0 Å². The molecule has 0 atom stereocenters. The van der Waals surface area contributed by atoms with Crippen molar-refractivity contribution in [2.45, 2.75) is 25.7 Å². The molecule has 104 valence electrons. The Morgan fingerprint density at radius 1 is 0.857 bits per heavy atom. The maximum absolute atomic E-state index is 6.45. The number of anilines is 1. The van der Waals surface area contributed by atoms with Gasteiger partial charge in [0.05, 0.1) is 5.52 Å². The standard InChI is InChI=1S/C19H18N2/c20-19-15-8-4-5-9-17(15)21-18-11-10-14(12-16(18)19)13-6-2-1-3-7-13/h1-3,6-7,10-12H,4-5,8-9H2,(H2,20,21). The predicted octanol–water partition coefficient (Wildman–Crippen LogP) is 4.36. The van der Waals surface area contributed by atoms with Gasteiger partial charge in [-0.15, -0.1) is 0 Å². The molecule has 0 fully saturated rings. The maximum atomic E-state index is 6.45. The molecule has 3 aromatic rings. The van der Waals surface area contributed by atoms with E-state index >= 15 is 0 Å². The van der Waals surface area contributed by atoms with E-state index in [-0.39, 0.29) is 0 Å². The number of rotatable bonds is 1. The summed E-state index contributed by atoms with van der Waals surface area (Å²) in [5.41, 5.74) is 13.3. The highest BCUT2D eigenvalue weighted by atomic mass is 14.7. The molecule has 0 unspecified atom stereocenters. The molecule has 0 saturated carbocycles. The Balaban J connectivity index is 1.93. The smallest absolute Gasteiger partial charge is 0.0726 e. The van der Waals surface area contributed by atoms with Gasteiger partial charge in [-0.1, -0.05) is 36.4 Å². The van der Waals surface area contributed by atoms with Crippen LogP contribution >= 0.6 is 0 Å². The van der Waals surface area contributed by atoms with Crippen LogP contribution in [-0.4, -0.2) is 4.98 Å². The molecule has 1 aliphatic carbocycles. The van der Waals surface area contributed by atoms with Gasteiger partial charge in [-0.2, -0.15) is 0 Å². The van der Waals surface area contributed by atoms with E-state index in [9.17, 15) is 0 Å². The van der Waals surface area contributed by atoms with Gasteiger partial charge in [0.25, 0.3) is 0 Å². The molecule has 0 bridgehead atoms. The van der Waals surface area contributed by atoms with Crippen molar-refractivity contribution in [3.05, 3.63) is 59.8 Å². The summed E-state index contributed by atoms with van der Waals surface area (Å²) in [7, 11) is 0. The lowest BCUT2D eigenvalue weighted by molar-refractivity contribution is 0.673. The maximum Gasteiger partial charge on any atom is 0.0726 e. The van der Waals surface area contributed by atoms with E-state index in [1.165, 1.54) is 35.2 Å². The van der Waals surface area contributed by atoms with Crippen molar-refractivity contribution in [3.63, 3.8) is 0 Å². The molecule has 21 heavy (non-hydrogen) atoms. The molecule has 0 aliphatic heterocycles. The van der Waals surface area contributed by atoms with Crippen molar-refractivity contribution in [1.82, 2.24) is 4.98 Å². The van der Waals surface area contributed by atoms with Gasteiger partial charge in [-0.3, -0.25) is 4.98 Å². The molecule has 0 amide bonds. The zero-order chi connectivity index (χ0) is 14.2. The summed E-state index contributed by atoms with van der Waals surface area (Å²) in [5, 5.41) is 1.09. The van der Waals surface area contributed by atoms with E-state index < -0.39 is 0 Å². The minimum Gasteiger partial charge on any atom is -0.398 e. The number of fused-ring (bicyclic) bond motifs is 2. The van der Waals surface area contributed by atoms with Gasteiger partial charge < -0.3 is 5.73 Å². The summed E-state index contributed by atoms with van der Waals surface area (Å²) >= 11 is 0. The summed E-state index contributed by atoms with van der Waals surface area (Å²) < 4.78 is 0. The molecule has 0 radical (unpaired) electrons. The number of nitrogen functional groups attached to an aromatic ring is 1. The monoisotopic (exact) mass is 274 g/mol. The highest BCUT2D eigenvalue weighted by molar-refractivity contribution is 5.95. The summed E-state index contributed by atoms with van der Waals surface area (Å²) in [5.74, 6) is 0. The van der Waals surface area contributed by atoms with E-state index in [4.69, 9.17) is 10.7 Å². The largest absolute Gasteiger partial charge is 0.398 e. The van der Waals surface area contributed by atoms with Gasteiger partial charge in [0.15, 0.2) is 0 Å². The molecule has 1 aliphatic rings. The highest BCUT2D eigenvalue weighted by Crippen LogP contribution is 2.33. The highest BCUT2D eigenvalue weighted by Gasteiger charge is 2.16. The Kier molecular flexibility index (Phi) is 2.88. The number of hydrogen-bond donors (Lipinski definition) is 1. The van der Waals surface area contributed by atoms with Crippen LogP contribution in [0.5, 0.6) is 0 Å². The van der Waals surface area contributed by atoms with Crippen molar-refractivity contribution >= 4 is 16.6 Å². The molecular formula is C19H18N2. The van der Waals surface area contributed by atoms with Gasteiger partial charge in [0.1, 0.15) is 0 Å². The second kappa shape index (κ2) is 4.88. The van der Waals surface area contributed by atoms with Crippen LogP contribution in [0.3, 0.4) is 0 Å². The van der Waals surface area contributed by atoms with Crippen molar-refractivity contribution in [2.24, 2.45) is 0 Å². The van der Waals surface area contributed by atoms with Crippen LogP contribution in [0.1, 0.15) is 24.1 Å². The zero-order valence-electron chi connectivity index (χ0n) is 12.0. The first-order chi connectivity index (χ1) is 10.3. The summed E-state index contributed by atoms with van der Waals surface area (Å²) in [4.78, 5) is 4.83. The Morgan fingerprint density at radius 2 is 1.67 bits per heavy atom. The fourth-order valence-electron chi connectivity index (χ4n) is 3.27. The van der Waals surface area contributed by atoms with E-state index in [1.807, 2.05) is 6.07 Å². The van der Waals surface area contributed by atoms with Crippen molar-refractivity contribution in [3.8, 4) is 11.1 Å². The first-order valence-electron chi connectivity index (χ1n) is 7.59. The zero-order valence-corrected chi connectivity index (χ0v) is 12.0. The average molecular weight is 274 g/mol. The molecule has 2 nitrogen and oxygen atoms in total. The number of aryl methyl sites for hydroxylation is 1. The van der Waals surface area contributed by atoms with E-state index in [2.05, 4.69) is 42.5 Å². The third-order valence-electron chi connectivity index (χ3n) is 4.41. The van der Waals surface area contributed by atoms with E-state index in [0.717, 1.165) is 29.4 Å². The van der Waals surface area contributed by atoms with Gasteiger partial charge in [0, 0.05) is 16.8 Å². The lowest BCUT2D eigenvalue weighted by atomic mass is 9.92. The number of pyridine rings is 1. The molecule has 2 aromatic carbocycles. The lowest BCUT2D eigenvalue weighted by Gasteiger charge is -2.18. The summed E-state index contributed by atoms with van der Waals surface area (Å²) in [6.45, 7) is 0. The minimum atomic E-state index is 0.937. The van der Waals surface area contributed by atoms with Crippen LogP contribution < -0.4 is 5.73 Å². The number of benzene rings is 2. The Morgan fingerprint density at radius 3 is 2.52 bits per heavy atom. The third kappa shape index (κ3) is 2.07. The van der Waals surface area contributed by atoms with Crippen LogP contribution in [0.4, 0.5) is 5.69 Å². The fraction of sp³-hybridized carbons (Fsp3) is 0.211. The Labute approximate surface area is 124 Å². The number of hydrogen-bond acceptors (Lipinski definition) is 2. The second-order valence-corrected chi connectivity index (χ2v) is 5.76. The molecule has 4 rings (SSSR count). The Bertz CT molecular complexity index is 807.